The Kier molecular flexibility index (Phi) is 9.79. The summed E-state index contributed by atoms with van der Waals surface area (Å²) in [6.45, 7) is 11.3. The molecule has 3 atom stereocenters. The van der Waals surface area contributed by atoms with Crippen LogP contribution >= 0.6 is 0 Å². The Labute approximate surface area is 229 Å². The molecule has 0 bridgehead atoms. The quantitative estimate of drug-likeness (QED) is 0.418. The Morgan fingerprint density at radius 3 is 2.56 bits per heavy atom. The minimum Gasteiger partial charge on any atom is -0.488 e. The lowest BCUT2D eigenvalue weighted by Crippen LogP contribution is -2.48. The molecular weight excluding hydrogens is 504 g/mol. The third-order valence-electron chi connectivity index (χ3n) is 6.66. The zero-order valence-electron chi connectivity index (χ0n) is 23.7. The standard InChI is InChI=1S/C27H40N6O6/c1-15(2)28-26(36)29-21-8-9-22-20(10-21)11-24(35)33(17(4)14-34)12-16(3)23(38-22)13-32(7)27(37)30-25-18(5)31-39-19(25)6/h8-10,15-17,23,34H,11-14H2,1-7H3,(H,30,37)(H2,28,29,36)/t16-,17-,23+/m1/s1. The van der Waals surface area contributed by atoms with Crippen molar-refractivity contribution in [2.24, 2.45) is 5.92 Å². The molecule has 0 spiro atoms. The molecule has 5 amide bonds. The van der Waals surface area contributed by atoms with Crippen molar-refractivity contribution in [3.8, 4) is 5.75 Å². The first kappa shape index (κ1) is 29.8. The van der Waals surface area contributed by atoms with Crippen LogP contribution in [-0.4, -0.2) is 83.0 Å². The number of nitrogens with zero attached hydrogens (tertiary/aromatic N) is 3. The summed E-state index contributed by atoms with van der Waals surface area (Å²) >= 11 is 0. The van der Waals surface area contributed by atoms with Crippen molar-refractivity contribution in [3.63, 3.8) is 0 Å². The first-order valence-corrected chi connectivity index (χ1v) is 13.1. The monoisotopic (exact) mass is 544 g/mol. The highest BCUT2D eigenvalue weighted by Gasteiger charge is 2.32. The molecule has 12 heteroatoms. The lowest BCUT2D eigenvalue weighted by atomic mass is 10.0. The van der Waals surface area contributed by atoms with Gasteiger partial charge in [-0.2, -0.15) is 0 Å². The van der Waals surface area contributed by atoms with Crippen LogP contribution in [-0.2, 0) is 11.2 Å². The zero-order chi connectivity index (χ0) is 28.9. The number of carbonyl (C=O) groups is 3. The van der Waals surface area contributed by atoms with E-state index in [1.807, 2.05) is 20.8 Å². The number of amides is 5. The largest absolute Gasteiger partial charge is 0.488 e. The summed E-state index contributed by atoms with van der Waals surface area (Å²) in [6.07, 6.45) is -0.450. The number of aromatic nitrogens is 1. The summed E-state index contributed by atoms with van der Waals surface area (Å²) < 4.78 is 11.6. The molecule has 4 N–H and O–H groups in total. The maximum absolute atomic E-state index is 13.4. The van der Waals surface area contributed by atoms with Gasteiger partial charge in [-0.3, -0.25) is 4.79 Å². The summed E-state index contributed by atoms with van der Waals surface area (Å²) in [7, 11) is 1.66. The van der Waals surface area contributed by atoms with Crippen LogP contribution in [0.3, 0.4) is 0 Å². The average molecular weight is 545 g/mol. The summed E-state index contributed by atoms with van der Waals surface area (Å²) in [5.74, 6) is 0.655. The molecule has 1 aliphatic rings. The van der Waals surface area contributed by atoms with Crippen LogP contribution < -0.4 is 20.7 Å². The van der Waals surface area contributed by atoms with Crippen molar-refractivity contribution in [1.29, 1.82) is 0 Å². The molecule has 2 aromatic rings. The second-order valence-corrected chi connectivity index (χ2v) is 10.5. The van der Waals surface area contributed by atoms with Gasteiger partial charge < -0.3 is 40.1 Å². The van der Waals surface area contributed by atoms with Gasteiger partial charge in [0.15, 0.2) is 5.76 Å². The molecule has 0 saturated carbocycles. The Morgan fingerprint density at radius 2 is 1.95 bits per heavy atom. The van der Waals surface area contributed by atoms with Crippen molar-refractivity contribution in [2.75, 3.05) is 37.4 Å². The van der Waals surface area contributed by atoms with E-state index >= 15 is 0 Å². The number of fused-ring (bicyclic) bond motifs is 1. The van der Waals surface area contributed by atoms with Crippen molar-refractivity contribution in [1.82, 2.24) is 20.3 Å². The van der Waals surface area contributed by atoms with Crippen LogP contribution in [0.5, 0.6) is 5.75 Å². The lowest BCUT2D eigenvalue weighted by molar-refractivity contribution is -0.134. The number of benzene rings is 1. The van der Waals surface area contributed by atoms with E-state index < -0.39 is 12.1 Å². The number of aliphatic hydroxyl groups is 1. The second kappa shape index (κ2) is 12.8. The van der Waals surface area contributed by atoms with Gasteiger partial charge in [0.1, 0.15) is 23.2 Å². The second-order valence-electron chi connectivity index (χ2n) is 10.5. The van der Waals surface area contributed by atoms with Crippen LogP contribution in [0.1, 0.15) is 44.7 Å². The molecule has 39 heavy (non-hydrogen) atoms. The maximum atomic E-state index is 13.4. The molecule has 2 heterocycles. The van der Waals surface area contributed by atoms with E-state index in [0.29, 0.717) is 40.7 Å². The first-order chi connectivity index (χ1) is 18.4. The van der Waals surface area contributed by atoms with Crippen LogP contribution in [0.25, 0.3) is 0 Å². The third kappa shape index (κ3) is 7.62. The van der Waals surface area contributed by atoms with Crippen molar-refractivity contribution < 1.29 is 28.8 Å². The molecular formula is C27H40N6O6. The predicted molar refractivity (Wildman–Crippen MR) is 147 cm³/mol. The first-order valence-electron chi connectivity index (χ1n) is 13.1. The number of anilines is 2. The highest BCUT2D eigenvalue weighted by molar-refractivity contribution is 5.91. The Bertz CT molecular complexity index is 1160. The molecule has 0 fully saturated rings. The number of hydrogen-bond donors (Lipinski definition) is 4. The Hall–Kier alpha value is -3.80. The maximum Gasteiger partial charge on any atom is 0.321 e. The minimum absolute atomic E-state index is 0.0306. The third-order valence-corrected chi connectivity index (χ3v) is 6.66. The zero-order valence-corrected chi connectivity index (χ0v) is 23.7. The van der Waals surface area contributed by atoms with Gasteiger partial charge in [0.25, 0.3) is 0 Å². The normalized spacial score (nSPS) is 18.3. The Balaban J connectivity index is 1.88. The van der Waals surface area contributed by atoms with Gasteiger partial charge in [-0.1, -0.05) is 12.1 Å². The fourth-order valence-corrected chi connectivity index (χ4v) is 4.37. The fourth-order valence-electron chi connectivity index (χ4n) is 4.37. The molecule has 0 radical (unpaired) electrons. The summed E-state index contributed by atoms with van der Waals surface area (Å²) in [5, 5.41) is 22.1. The van der Waals surface area contributed by atoms with Crippen molar-refractivity contribution in [3.05, 3.63) is 35.2 Å². The average Bonchev–Trinajstić information content (AvgIpc) is 3.20. The van der Waals surface area contributed by atoms with Gasteiger partial charge in [0, 0.05) is 36.8 Å². The van der Waals surface area contributed by atoms with Gasteiger partial charge in [-0.15, -0.1) is 0 Å². The minimum atomic E-state index is -0.480. The summed E-state index contributed by atoms with van der Waals surface area (Å²) in [6, 6.07) is 4.01. The van der Waals surface area contributed by atoms with Crippen molar-refractivity contribution in [2.45, 2.75) is 66.2 Å². The van der Waals surface area contributed by atoms with Gasteiger partial charge in [-0.05, 0) is 52.8 Å². The molecule has 3 rings (SSSR count). The van der Waals surface area contributed by atoms with E-state index in [-0.39, 0.29) is 49.5 Å². The van der Waals surface area contributed by atoms with Gasteiger partial charge >= 0.3 is 12.1 Å². The van der Waals surface area contributed by atoms with Gasteiger partial charge in [0.05, 0.1) is 25.6 Å². The van der Waals surface area contributed by atoms with E-state index in [2.05, 4.69) is 21.1 Å². The topological polar surface area (TPSA) is 149 Å². The SMILES string of the molecule is Cc1noc(C)c1NC(=O)N(C)C[C@@H]1Oc2ccc(NC(=O)NC(C)C)cc2CC(=O)N([C@H](C)CO)C[C@H]1C. The number of aryl methyl sites for hydroxylation is 2. The molecule has 12 nitrogen and oxygen atoms in total. The van der Waals surface area contributed by atoms with Gasteiger partial charge in [-0.25, -0.2) is 9.59 Å². The van der Waals surface area contributed by atoms with E-state index in [0.717, 1.165) is 0 Å². The number of carbonyl (C=O) groups excluding carboxylic acids is 3. The number of urea groups is 2. The molecule has 0 aliphatic carbocycles. The highest BCUT2D eigenvalue weighted by Crippen LogP contribution is 2.29. The van der Waals surface area contributed by atoms with E-state index in [1.165, 1.54) is 4.90 Å². The summed E-state index contributed by atoms with van der Waals surface area (Å²) in [4.78, 5) is 41.8. The number of rotatable bonds is 7. The number of nitrogens with one attached hydrogen (secondary N) is 3. The van der Waals surface area contributed by atoms with E-state index in [1.54, 1.807) is 50.9 Å². The lowest BCUT2D eigenvalue weighted by Gasteiger charge is -2.34. The van der Waals surface area contributed by atoms with E-state index in [9.17, 15) is 19.5 Å². The van der Waals surface area contributed by atoms with Crippen LogP contribution in [0.15, 0.2) is 22.7 Å². The highest BCUT2D eigenvalue weighted by atomic mass is 16.5. The fraction of sp³-hybridized carbons (Fsp3) is 0.556. The Morgan fingerprint density at radius 1 is 1.23 bits per heavy atom. The predicted octanol–water partition coefficient (Wildman–Crippen LogP) is 3.13. The van der Waals surface area contributed by atoms with Crippen molar-refractivity contribution >= 4 is 29.3 Å². The molecule has 214 valence electrons. The van der Waals surface area contributed by atoms with Crippen LogP contribution in [0, 0.1) is 19.8 Å². The summed E-state index contributed by atoms with van der Waals surface area (Å²) in [5.41, 5.74) is 2.22. The molecule has 1 aromatic carbocycles. The van der Waals surface area contributed by atoms with Crippen LogP contribution in [0.4, 0.5) is 21.0 Å². The number of hydrogen-bond acceptors (Lipinski definition) is 7. The number of aliphatic hydroxyl groups excluding tert-OH is 1. The molecule has 0 saturated heterocycles. The smallest absolute Gasteiger partial charge is 0.321 e. The number of likely N-dealkylation sites (N-methyl/N-ethyl adjacent to an activating group) is 1. The molecule has 1 aromatic heterocycles. The van der Waals surface area contributed by atoms with Crippen LogP contribution in [0.2, 0.25) is 0 Å². The molecule has 1 aliphatic heterocycles. The number of ether oxygens (including phenoxy) is 1. The van der Waals surface area contributed by atoms with E-state index in [4.69, 9.17) is 9.26 Å². The molecule has 0 unspecified atom stereocenters. The van der Waals surface area contributed by atoms with Gasteiger partial charge in [0.2, 0.25) is 5.91 Å².